The molecule has 2 aliphatic rings. The van der Waals surface area contributed by atoms with Gasteiger partial charge in [0.1, 0.15) is 5.82 Å². The van der Waals surface area contributed by atoms with E-state index in [-0.39, 0.29) is 36.2 Å². The first kappa shape index (κ1) is 23.5. The fourth-order valence-electron chi connectivity index (χ4n) is 3.93. The summed E-state index contributed by atoms with van der Waals surface area (Å²) in [6.07, 6.45) is 8.38. The highest BCUT2D eigenvalue weighted by Gasteiger charge is 2.25. The summed E-state index contributed by atoms with van der Waals surface area (Å²) >= 11 is 1.97. The van der Waals surface area contributed by atoms with E-state index in [1.807, 2.05) is 25.0 Å². The zero-order chi connectivity index (χ0) is 19.2. The molecule has 158 valence electrons. The fraction of sp³-hybridized carbons (Fsp3) is 0.700. The number of hydrogen-bond donors (Lipinski definition) is 2. The predicted molar refractivity (Wildman–Crippen MR) is 130 cm³/mol. The number of ether oxygens (including phenoxy) is 1. The van der Waals surface area contributed by atoms with Crippen LogP contribution in [0.25, 0.3) is 0 Å². The minimum Gasteiger partial charge on any atom is -0.372 e. The molecule has 0 radical (unpaired) electrons. The van der Waals surface area contributed by atoms with Crippen molar-refractivity contribution in [3.05, 3.63) is 23.9 Å². The van der Waals surface area contributed by atoms with Crippen LogP contribution in [0.1, 0.15) is 38.7 Å². The fourth-order valence-corrected chi connectivity index (χ4v) is 4.73. The molecule has 2 fully saturated rings. The Labute approximate surface area is 190 Å². The normalized spacial score (nSPS) is 28.0. The lowest BCUT2D eigenvalue weighted by molar-refractivity contribution is -0.00545. The van der Waals surface area contributed by atoms with Gasteiger partial charge in [0.05, 0.1) is 12.2 Å². The van der Waals surface area contributed by atoms with Gasteiger partial charge in [-0.2, -0.15) is 11.8 Å². The molecule has 6 nitrogen and oxygen atoms in total. The molecule has 4 unspecified atom stereocenters. The van der Waals surface area contributed by atoms with E-state index in [0.29, 0.717) is 6.04 Å². The van der Waals surface area contributed by atoms with Crippen LogP contribution in [0.2, 0.25) is 0 Å². The third-order valence-corrected chi connectivity index (χ3v) is 6.39. The Balaban J connectivity index is 0.00000280. The first-order chi connectivity index (χ1) is 13.1. The van der Waals surface area contributed by atoms with Crippen LogP contribution in [0.5, 0.6) is 0 Å². The first-order valence-corrected chi connectivity index (χ1v) is 11.2. The minimum absolute atomic E-state index is 0. The highest BCUT2D eigenvalue weighted by atomic mass is 127. The monoisotopic (exact) mass is 519 g/mol. The number of nitrogens with zero attached hydrogens (tertiary/aromatic N) is 3. The second-order valence-electron chi connectivity index (χ2n) is 7.62. The number of anilines is 1. The number of thioether (sulfide) groups is 1. The second-order valence-corrected chi connectivity index (χ2v) is 8.76. The SMILES string of the molecule is CN=C(NCc1ccc(N2CC(C)OC(C)C2)nc1)NC1CCC(SC)C1.I. The van der Waals surface area contributed by atoms with Gasteiger partial charge in [-0.1, -0.05) is 6.07 Å². The third-order valence-electron chi connectivity index (χ3n) is 5.29. The summed E-state index contributed by atoms with van der Waals surface area (Å²) in [5.41, 5.74) is 1.16. The molecule has 1 aliphatic heterocycles. The van der Waals surface area contributed by atoms with Gasteiger partial charge in [0.2, 0.25) is 0 Å². The van der Waals surface area contributed by atoms with Crippen LogP contribution >= 0.6 is 35.7 Å². The van der Waals surface area contributed by atoms with E-state index >= 15 is 0 Å². The Morgan fingerprint density at radius 2 is 2.04 bits per heavy atom. The maximum atomic E-state index is 5.81. The standard InChI is InChI=1S/C20H33N5OS.HI/c1-14-12-25(13-15(2)26-14)19-8-5-16(10-22-19)11-23-20(21-3)24-17-6-7-18(9-17)27-4;/h5,8,10,14-15,17-18H,6-7,9,11-13H2,1-4H3,(H2,21,23,24);1H. The summed E-state index contributed by atoms with van der Waals surface area (Å²) < 4.78 is 5.81. The molecule has 4 atom stereocenters. The summed E-state index contributed by atoms with van der Waals surface area (Å²) in [6, 6.07) is 4.78. The zero-order valence-electron chi connectivity index (χ0n) is 17.4. The van der Waals surface area contributed by atoms with Crippen LogP contribution in [0.4, 0.5) is 5.82 Å². The van der Waals surface area contributed by atoms with E-state index in [1.54, 1.807) is 0 Å². The van der Waals surface area contributed by atoms with Gasteiger partial charge < -0.3 is 20.3 Å². The maximum absolute atomic E-state index is 5.81. The number of hydrogen-bond acceptors (Lipinski definition) is 5. The Morgan fingerprint density at radius 3 is 2.61 bits per heavy atom. The largest absolute Gasteiger partial charge is 0.372 e. The molecule has 0 aromatic carbocycles. The van der Waals surface area contributed by atoms with Gasteiger partial charge in [0.25, 0.3) is 0 Å². The molecule has 1 saturated heterocycles. The van der Waals surface area contributed by atoms with Gasteiger partial charge >= 0.3 is 0 Å². The third kappa shape index (κ3) is 6.66. The van der Waals surface area contributed by atoms with E-state index in [0.717, 1.165) is 42.2 Å². The molecule has 0 spiro atoms. The summed E-state index contributed by atoms with van der Waals surface area (Å²) in [7, 11) is 1.83. The lowest BCUT2D eigenvalue weighted by Gasteiger charge is -2.36. The van der Waals surface area contributed by atoms with Crippen molar-refractivity contribution in [2.45, 2.75) is 63.2 Å². The van der Waals surface area contributed by atoms with Gasteiger partial charge in [-0.15, -0.1) is 24.0 Å². The van der Waals surface area contributed by atoms with Crippen molar-refractivity contribution in [3.8, 4) is 0 Å². The topological polar surface area (TPSA) is 61.8 Å². The van der Waals surface area contributed by atoms with E-state index in [4.69, 9.17) is 4.74 Å². The van der Waals surface area contributed by atoms with Crippen LogP contribution in [0.3, 0.4) is 0 Å². The molecule has 0 bridgehead atoms. The molecular formula is C20H34IN5OS. The molecule has 1 aromatic rings. The molecule has 2 N–H and O–H groups in total. The Hall–Kier alpha value is -0.740. The lowest BCUT2D eigenvalue weighted by atomic mass is 10.2. The molecule has 3 rings (SSSR count). The number of morpholine rings is 1. The van der Waals surface area contributed by atoms with Crippen molar-refractivity contribution in [3.63, 3.8) is 0 Å². The Kier molecular flexibility index (Phi) is 9.62. The van der Waals surface area contributed by atoms with Crippen LogP contribution in [0, 0.1) is 0 Å². The number of rotatable bonds is 5. The Bertz CT molecular complexity index is 620. The number of guanidine groups is 1. The van der Waals surface area contributed by atoms with Crippen LogP contribution in [-0.2, 0) is 11.3 Å². The number of nitrogens with one attached hydrogen (secondary N) is 2. The minimum atomic E-state index is 0. The summed E-state index contributed by atoms with van der Waals surface area (Å²) in [6.45, 7) is 6.74. The van der Waals surface area contributed by atoms with Crippen molar-refractivity contribution in [1.82, 2.24) is 15.6 Å². The molecule has 28 heavy (non-hydrogen) atoms. The molecule has 1 aromatic heterocycles. The van der Waals surface area contributed by atoms with Crippen LogP contribution < -0.4 is 15.5 Å². The van der Waals surface area contributed by atoms with Crippen LogP contribution in [-0.4, -0.2) is 60.8 Å². The number of halogens is 1. The molecule has 2 heterocycles. The predicted octanol–water partition coefficient (Wildman–Crippen LogP) is 3.26. The highest BCUT2D eigenvalue weighted by molar-refractivity contribution is 14.0. The number of aromatic nitrogens is 1. The van der Waals surface area contributed by atoms with Crippen molar-refractivity contribution < 1.29 is 4.74 Å². The van der Waals surface area contributed by atoms with E-state index in [2.05, 4.69) is 57.7 Å². The van der Waals surface area contributed by atoms with Crippen molar-refractivity contribution >= 4 is 47.5 Å². The first-order valence-electron chi connectivity index (χ1n) is 9.92. The second kappa shape index (κ2) is 11.4. The molecule has 8 heteroatoms. The van der Waals surface area contributed by atoms with E-state index in [1.165, 1.54) is 19.3 Å². The van der Waals surface area contributed by atoms with Crippen molar-refractivity contribution in [2.75, 3.05) is 31.3 Å². The van der Waals surface area contributed by atoms with E-state index < -0.39 is 0 Å². The average Bonchev–Trinajstić information content (AvgIpc) is 3.12. The van der Waals surface area contributed by atoms with Crippen molar-refractivity contribution in [1.29, 1.82) is 0 Å². The van der Waals surface area contributed by atoms with Crippen molar-refractivity contribution in [2.24, 2.45) is 4.99 Å². The summed E-state index contributed by atoms with van der Waals surface area (Å²) in [5.74, 6) is 1.90. The Morgan fingerprint density at radius 1 is 1.29 bits per heavy atom. The zero-order valence-corrected chi connectivity index (χ0v) is 20.5. The summed E-state index contributed by atoms with van der Waals surface area (Å²) in [4.78, 5) is 11.3. The van der Waals surface area contributed by atoms with Gasteiger partial charge in [-0.3, -0.25) is 4.99 Å². The quantitative estimate of drug-likeness (QED) is 0.354. The number of aliphatic imine (C=N–C) groups is 1. The average molecular weight is 519 g/mol. The molecule has 0 amide bonds. The smallest absolute Gasteiger partial charge is 0.191 e. The molecule has 1 aliphatic carbocycles. The van der Waals surface area contributed by atoms with Gasteiger partial charge in [-0.05, 0) is 51.0 Å². The number of pyridine rings is 1. The van der Waals surface area contributed by atoms with Gasteiger partial charge in [-0.25, -0.2) is 4.98 Å². The van der Waals surface area contributed by atoms with Crippen LogP contribution in [0.15, 0.2) is 23.3 Å². The van der Waals surface area contributed by atoms with Gasteiger partial charge in [0.15, 0.2) is 5.96 Å². The maximum Gasteiger partial charge on any atom is 0.191 e. The van der Waals surface area contributed by atoms with Gasteiger partial charge in [0, 0.05) is 44.2 Å². The lowest BCUT2D eigenvalue weighted by Crippen LogP contribution is -2.45. The van der Waals surface area contributed by atoms with E-state index in [9.17, 15) is 0 Å². The molecule has 1 saturated carbocycles. The highest BCUT2D eigenvalue weighted by Crippen LogP contribution is 2.28. The molecular weight excluding hydrogens is 485 g/mol. The summed E-state index contributed by atoms with van der Waals surface area (Å²) in [5, 5.41) is 7.75.